The summed E-state index contributed by atoms with van der Waals surface area (Å²) in [5, 5.41) is 20.3. The molecule has 0 radical (unpaired) electrons. The summed E-state index contributed by atoms with van der Waals surface area (Å²) in [6.07, 6.45) is 11.7. The van der Waals surface area contributed by atoms with E-state index in [1.54, 1.807) is 4.80 Å². The highest BCUT2D eigenvalue weighted by molar-refractivity contribution is 5.74. The highest BCUT2D eigenvalue weighted by atomic mass is 16.3. The van der Waals surface area contributed by atoms with Gasteiger partial charge in [0, 0.05) is 0 Å². The van der Waals surface area contributed by atoms with Crippen LogP contribution in [0.2, 0.25) is 0 Å². The van der Waals surface area contributed by atoms with Crippen LogP contribution in [0.1, 0.15) is 81.9 Å². The second-order valence-electron chi connectivity index (χ2n) is 8.23. The van der Waals surface area contributed by atoms with Crippen molar-refractivity contribution in [3.63, 3.8) is 0 Å². The van der Waals surface area contributed by atoms with E-state index in [1.165, 1.54) is 50.5 Å². The molecular weight excluding hydrogens is 358 g/mol. The lowest BCUT2D eigenvalue weighted by Crippen LogP contribution is -2.03. The standard InChI is InChI=1S/C25H35N3O/c1-4-6-8-10-12-20-17-21(13-11-9-7-5-2)25(29)24(18-20)28-26-22-15-14-19(3)16-23(22)27-28/h14-18,29H,4-13H2,1-3H3. The van der Waals surface area contributed by atoms with Crippen molar-refractivity contribution < 1.29 is 5.11 Å². The Morgan fingerprint density at radius 1 is 0.793 bits per heavy atom. The molecule has 29 heavy (non-hydrogen) atoms. The molecule has 0 unspecified atom stereocenters. The van der Waals surface area contributed by atoms with Gasteiger partial charge in [-0.05, 0) is 67.5 Å². The summed E-state index contributed by atoms with van der Waals surface area (Å²) in [5.74, 6) is 0.329. The van der Waals surface area contributed by atoms with E-state index in [9.17, 15) is 5.11 Å². The summed E-state index contributed by atoms with van der Waals surface area (Å²) in [7, 11) is 0. The topological polar surface area (TPSA) is 50.9 Å². The zero-order valence-corrected chi connectivity index (χ0v) is 18.2. The first-order valence-corrected chi connectivity index (χ1v) is 11.3. The van der Waals surface area contributed by atoms with E-state index in [4.69, 9.17) is 0 Å². The predicted octanol–water partition coefficient (Wildman–Crippen LogP) is 6.68. The smallest absolute Gasteiger partial charge is 0.146 e. The zero-order valence-electron chi connectivity index (χ0n) is 18.2. The Labute approximate surface area is 175 Å². The lowest BCUT2D eigenvalue weighted by atomic mass is 9.98. The van der Waals surface area contributed by atoms with Crippen molar-refractivity contribution in [3.05, 3.63) is 47.0 Å². The van der Waals surface area contributed by atoms with E-state index in [0.717, 1.165) is 41.4 Å². The fraction of sp³-hybridized carbons (Fsp3) is 0.520. The number of rotatable bonds is 11. The van der Waals surface area contributed by atoms with Gasteiger partial charge in [-0.25, -0.2) is 0 Å². The van der Waals surface area contributed by atoms with Gasteiger partial charge in [0.1, 0.15) is 22.5 Å². The predicted molar refractivity (Wildman–Crippen MR) is 121 cm³/mol. The molecule has 2 aromatic carbocycles. The number of aromatic nitrogens is 3. The minimum Gasteiger partial charge on any atom is -0.505 e. The Kier molecular flexibility index (Phi) is 7.68. The average Bonchev–Trinajstić information content (AvgIpc) is 3.13. The van der Waals surface area contributed by atoms with Crippen LogP contribution < -0.4 is 0 Å². The number of hydrogen-bond donors (Lipinski definition) is 1. The number of phenols is 1. The normalized spacial score (nSPS) is 11.4. The van der Waals surface area contributed by atoms with Crippen molar-refractivity contribution in [2.45, 2.75) is 85.0 Å². The van der Waals surface area contributed by atoms with Crippen molar-refractivity contribution in [2.75, 3.05) is 0 Å². The molecule has 0 atom stereocenters. The number of phenolic OH excluding ortho intramolecular Hbond substituents is 1. The Morgan fingerprint density at radius 2 is 1.48 bits per heavy atom. The number of aryl methyl sites for hydroxylation is 3. The van der Waals surface area contributed by atoms with Gasteiger partial charge in [0.25, 0.3) is 0 Å². The number of nitrogens with zero attached hydrogens (tertiary/aromatic N) is 3. The molecular formula is C25H35N3O. The van der Waals surface area contributed by atoms with Crippen molar-refractivity contribution in [1.82, 2.24) is 15.0 Å². The maximum absolute atomic E-state index is 11.0. The minimum absolute atomic E-state index is 0.329. The summed E-state index contributed by atoms with van der Waals surface area (Å²) in [4.78, 5) is 1.62. The van der Waals surface area contributed by atoms with Crippen LogP contribution in [0.25, 0.3) is 16.7 Å². The van der Waals surface area contributed by atoms with Crippen LogP contribution in [0.4, 0.5) is 0 Å². The third-order valence-electron chi connectivity index (χ3n) is 5.60. The fourth-order valence-electron chi connectivity index (χ4n) is 3.86. The van der Waals surface area contributed by atoms with E-state index in [0.29, 0.717) is 11.4 Å². The summed E-state index contributed by atoms with van der Waals surface area (Å²) < 4.78 is 0. The molecule has 4 heteroatoms. The lowest BCUT2D eigenvalue weighted by molar-refractivity contribution is 0.458. The van der Waals surface area contributed by atoms with E-state index in [-0.39, 0.29) is 0 Å². The molecule has 0 spiro atoms. The van der Waals surface area contributed by atoms with E-state index in [2.05, 4.69) is 43.1 Å². The van der Waals surface area contributed by atoms with Crippen LogP contribution in [-0.4, -0.2) is 20.1 Å². The number of hydrogen-bond acceptors (Lipinski definition) is 3. The van der Waals surface area contributed by atoms with Crippen LogP contribution in [0.5, 0.6) is 5.75 Å². The van der Waals surface area contributed by atoms with Gasteiger partial charge in [0.2, 0.25) is 0 Å². The van der Waals surface area contributed by atoms with Crippen LogP contribution >= 0.6 is 0 Å². The minimum atomic E-state index is 0.329. The molecule has 4 nitrogen and oxygen atoms in total. The monoisotopic (exact) mass is 393 g/mol. The molecule has 0 aliphatic heterocycles. The summed E-state index contributed by atoms with van der Waals surface area (Å²) >= 11 is 0. The first-order valence-electron chi connectivity index (χ1n) is 11.3. The first kappa shape index (κ1) is 21.4. The number of aromatic hydroxyl groups is 1. The van der Waals surface area contributed by atoms with Crippen molar-refractivity contribution in [1.29, 1.82) is 0 Å². The Hall–Kier alpha value is -2.36. The van der Waals surface area contributed by atoms with Gasteiger partial charge >= 0.3 is 0 Å². The average molecular weight is 394 g/mol. The molecule has 0 amide bonds. The molecule has 1 aromatic heterocycles. The van der Waals surface area contributed by atoms with Gasteiger partial charge in [-0.1, -0.05) is 64.5 Å². The highest BCUT2D eigenvalue weighted by Crippen LogP contribution is 2.30. The maximum atomic E-state index is 11.0. The first-order chi connectivity index (χ1) is 14.1. The fourth-order valence-corrected chi connectivity index (χ4v) is 3.86. The number of benzene rings is 2. The SMILES string of the molecule is CCCCCCc1cc(CCCCCC)c(O)c(-n2nc3ccc(C)cc3n2)c1. The molecule has 0 saturated carbocycles. The third-order valence-corrected chi connectivity index (χ3v) is 5.60. The van der Waals surface area contributed by atoms with Gasteiger partial charge in [0.05, 0.1) is 0 Å². The second-order valence-corrected chi connectivity index (χ2v) is 8.23. The van der Waals surface area contributed by atoms with E-state index >= 15 is 0 Å². The van der Waals surface area contributed by atoms with Gasteiger partial charge in [-0.15, -0.1) is 15.0 Å². The summed E-state index contributed by atoms with van der Waals surface area (Å²) in [5.41, 5.74) is 5.89. The molecule has 3 rings (SSSR count). The van der Waals surface area contributed by atoms with Gasteiger partial charge in [-0.2, -0.15) is 0 Å². The van der Waals surface area contributed by atoms with Crippen molar-refractivity contribution in [3.8, 4) is 11.4 Å². The number of unbranched alkanes of at least 4 members (excludes halogenated alkanes) is 6. The van der Waals surface area contributed by atoms with Crippen LogP contribution in [0.15, 0.2) is 30.3 Å². The molecule has 1 heterocycles. The largest absolute Gasteiger partial charge is 0.505 e. The lowest BCUT2D eigenvalue weighted by Gasteiger charge is -2.13. The molecule has 3 aromatic rings. The maximum Gasteiger partial charge on any atom is 0.146 e. The van der Waals surface area contributed by atoms with Crippen LogP contribution in [-0.2, 0) is 12.8 Å². The molecule has 0 aliphatic carbocycles. The Bertz CT molecular complexity index is 929. The van der Waals surface area contributed by atoms with Crippen molar-refractivity contribution >= 4 is 11.0 Å². The molecule has 0 saturated heterocycles. The molecule has 0 bridgehead atoms. The molecule has 0 fully saturated rings. The summed E-state index contributed by atoms with van der Waals surface area (Å²) in [6.45, 7) is 6.52. The zero-order chi connectivity index (χ0) is 20.6. The Balaban J connectivity index is 1.91. The highest BCUT2D eigenvalue weighted by Gasteiger charge is 2.15. The quantitative estimate of drug-likeness (QED) is 0.370. The third kappa shape index (κ3) is 5.59. The van der Waals surface area contributed by atoms with E-state index < -0.39 is 0 Å². The second kappa shape index (κ2) is 10.4. The van der Waals surface area contributed by atoms with Gasteiger partial charge in [0.15, 0.2) is 0 Å². The van der Waals surface area contributed by atoms with E-state index in [1.807, 2.05) is 18.2 Å². The molecule has 1 N–H and O–H groups in total. The van der Waals surface area contributed by atoms with Crippen LogP contribution in [0, 0.1) is 6.92 Å². The van der Waals surface area contributed by atoms with Crippen LogP contribution in [0.3, 0.4) is 0 Å². The van der Waals surface area contributed by atoms with Gasteiger partial charge in [-0.3, -0.25) is 0 Å². The van der Waals surface area contributed by atoms with Crippen molar-refractivity contribution in [2.24, 2.45) is 0 Å². The summed E-state index contributed by atoms with van der Waals surface area (Å²) in [6, 6.07) is 10.3. The molecule has 156 valence electrons. The number of fused-ring (bicyclic) bond motifs is 1. The van der Waals surface area contributed by atoms with Gasteiger partial charge < -0.3 is 5.11 Å². The Morgan fingerprint density at radius 3 is 2.21 bits per heavy atom. The molecule has 0 aliphatic rings.